The lowest BCUT2D eigenvalue weighted by molar-refractivity contribution is -0.114. The number of carbonyl (C=O) groups is 2. The van der Waals surface area contributed by atoms with Crippen molar-refractivity contribution < 1.29 is 14.3 Å². The van der Waals surface area contributed by atoms with E-state index >= 15 is 0 Å². The third-order valence-electron chi connectivity index (χ3n) is 3.83. The van der Waals surface area contributed by atoms with Gasteiger partial charge in [0.2, 0.25) is 5.91 Å². The van der Waals surface area contributed by atoms with Gasteiger partial charge in [0.05, 0.1) is 11.3 Å². The van der Waals surface area contributed by atoms with Crippen molar-refractivity contribution in [1.82, 2.24) is 5.32 Å². The van der Waals surface area contributed by atoms with Gasteiger partial charge in [0, 0.05) is 26.7 Å². The Bertz CT molecular complexity index is 728. The smallest absolute Gasteiger partial charge is 0.253 e. The van der Waals surface area contributed by atoms with E-state index in [1.54, 1.807) is 0 Å². The molecule has 0 atom stereocenters. The predicted octanol–water partition coefficient (Wildman–Crippen LogP) is 3.73. The molecule has 0 spiro atoms. The summed E-state index contributed by atoms with van der Waals surface area (Å²) in [6.07, 6.45) is 2.94. The molecule has 0 bridgehead atoms. The number of carbonyl (C=O) groups excluding carboxylic acids is 2. The van der Waals surface area contributed by atoms with Crippen molar-refractivity contribution >= 4 is 28.3 Å². The number of hydrogen-bond donors (Lipinski definition) is 2. The molecule has 0 heterocycles. The van der Waals surface area contributed by atoms with Crippen molar-refractivity contribution in [2.24, 2.45) is 0 Å². The first-order valence-corrected chi connectivity index (χ1v) is 8.78. The summed E-state index contributed by atoms with van der Waals surface area (Å²) in [4.78, 5) is 24.0. The highest BCUT2D eigenvalue weighted by Crippen LogP contribution is 2.24. The van der Waals surface area contributed by atoms with E-state index in [0.717, 1.165) is 36.6 Å². The molecular weight excluding hydrogens is 316 g/mol. The fourth-order valence-electron chi connectivity index (χ4n) is 2.54. The molecule has 5 nitrogen and oxygen atoms in total. The molecule has 0 radical (unpaired) electrons. The molecule has 0 aromatic heterocycles. The molecular formula is C20H26N2O3. The topological polar surface area (TPSA) is 67.4 Å². The van der Waals surface area contributed by atoms with Crippen LogP contribution in [0.3, 0.4) is 0 Å². The summed E-state index contributed by atoms with van der Waals surface area (Å²) in [5.41, 5.74) is 1.00. The van der Waals surface area contributed by atoms with Gasteiger partial charge in [-0.25, -0.2) is 0 Å². The molecule has 0 saturated carbocycles. The summed E-state index contributed by atoms with van der Waals surface area (Å²) in [5.74, 6) is -0.392. The summed E-state index contributed by atoms with van der Waals surface area (Å²) in [7, 11) is 0. The van der Waals surface area contributed by atoms with E-state index in [1.807, 2.05) is 36.4 Å². The average Bonchev–Trinajstić information content (AvgIpc) is 2.59. The average molecular weight is 342 g/mol. The Morgan fingerprint density at radius 3 is 2.40 bits per heavy atom. The highest BCUT2D eigenvalue weighted by molar-refractivity contribution is 6.07. The lowest BCUT2D eigenvalue weighted by Gasteiger charge is -2.12. The van der Waals surface area contributed by atoms with Crippen LogP contribution in [0.15, 0.2) is 36.4 Å². The van der Waals surface area contributed by atoms with Gasteiger partial charge in [-0.15, -0.1) is 0 Å². The molecule has 2 N–H and O–H groups in total. The molecule has 2 amide bonds. The van der Waals surface area contributed by atoms with E-state index in [9.17, 15) is 9.59 Å². The quantitative estimate of drug-likeness (QED) is 0.682. The number of ether oxygens (including phenoxy) is 1. The first-order valence-electron chi connectivity index (χ1n) is 8.78. The molecule has 0 aliphatic rings. The van der Waals surface area contributed by atoms with Gasteiger partial charge >= 0.3 is 0 Å². The van der Waals surface area contributed by atoms with Crippen LogP contribution in [0.1, 0.15) is 43.5 Å². The van der Waals surface area contributed by atoms with Gasteiger partial charge < -0.3 is 15.4 Å². The molecule has 134 valence electrons. The maximum atomic E-state index is 12.5. The molecule has 2 rings (SSSR count). The van der Waals surface area contributed by atoms with Crippen molar-refractivity contribution in [3.63, 3.8) is 0 Å². The van der Waals surface area contributed by atoms with Crippen LogP contribution < -0.4 is 10.6 Å². The number of hydrogen-bond acceptors (Lipinski definition) is 3. The van der Waals surface area contributed by atoms with Crippen LogP contribution in [0, 0.1) is 0 Å². The van der Waals surface area contributed by atoms with Crippen molar-refractivity contribution in [2.45, 2.75) is 33.1 Å². The van der Waals surface area contributed by atoms with E-state index in [0.29, 0.717) is 24.4 Å². The Kier molecular flexibility index (Phi) is 7.41. The second-order valence-electron chi connectivity index (χ2n) is 6.00. The van der Waals surface area contributed by atoms with Crippen molar-refractivity contribution in [2.75, 3.05) is 25.1 Å². The zero-order valence-corrected chi connectivity index (χ0v) is 14.9. The van der Waals surface area contributed by atoms with Gasteiger partial charge in [-0.3, -0.25) is 9.59 Å². The van der Waals surface area contributed by atoms with Gasteiger partial charge in [0.15, 0.2) is 0 Å². The standard InChI is InChI=1S/C20H26N2O3/c1-3-4-11-25-12-7-10-21-20(24)18-13-16-8-5-6-9-17(16)14-19(18)22-15(2)23/h5-6,8-9,13-14H,3-4,7,10-12H2,1-2H3,(H,21,24)(H,22,23). The Balaban J connectivity index is 2.01. The predicted molar refractivity (Wildman–Crippen MR) is 101 cm³/mol. The number of rotatable bonds is 9. The van der Waals surface area contributed by atoms with Gasteiger partial charge in [0.1, 0.15) is 0 Å². The fraction of sp³-hybridized carbons (Fsp3) is 0.400. The monoisotopic (exact) mass is 342 g/mol. The van der Waals surface area contributed by atoms with Crippen molar-refractivity contribution in [3.05, 3.63) is 42.0 Å². The molecule has 0 aliphatic heterocycles. The summed E-state index contributed by atoms with van der Waals surface area (Å²) in [6, 6.07) is 11.4. The first kappa shape index (κ1) is 18.9. The van der Waals surface area contributed by atoms with Crippen LogP contribution in [0.4, 0.5) is 5.69 Å². The highest BCUT2D eigenvalue weighted by Gasteiger charge is 2.13. The van der Waals surface area contributed by atoms with Crippen LogP contribution in [0.5, 0.6) is 0 Å². The molecule has 0 saturated heterocycles. The summed E-state index contributed by atoms with van der Waals surface area (Å²) in [6.45, 7) is 5.50. The van der Waals surface area contributed by atoms with Crippen LogP contribution in [-0.4, -0.2) is 31.6 Å². The minimum Gasteiger partial charge on any atom is -0.381 e. The van der Waals surface area contributed by atoms with Crippen LogP contribution in [0.2, 0.25) is 0 Å². The van der Waals surface area contributed by atoms with E-state index < -0.39 is 0 Å². The van der Waals surface area contributed by atoms with Crippen LogP contribution >= 0.6 is 0 Å². The zero-order chi connectivity index (χ0) is 18.1. The third-order valence-corrected chi connectivity index (χ3v) is 3.83. The number of fused-ring (bicyclic) bond motifs is 1. The van der Waals surface area contributed by atoms with Gasteiger partial charge in [-0.05, 0) is 35.7 Å². The number of benzene rings is 2. The normalized spacial score (nSPS) is 10.6. The second-order valence-corrected chi connectivity index (χ2v) is 6.00. The molecule has 2 aromatic carbocycles. The summed E-state index contributed by atoms with van der Waals surface area (Å²) in [5, 5.41) is 7.59. The maximum absolute atomic E-state index is 12.5. The first-order chi connectivity index (χ1) is 12.1. The van der Waals surface area contributed by atoms with Gasteiger partial charge in [-0.1, -0.05) is 37.6 Å². The van der Waals surface area contributed by atoms with E-state index in [2.05, 4.69) is 17.6 Å². The van der Waals surface area contributed by atoms with E-state index in [-0.39, 0.29) is 11.8 Å². The van der Waals surface area contributed by atoms with Crippen molar-refractivity contribution in [3.8, 4) is 0 Å². The largest absolute Gasteiger partial charge is 0.381 e. The molecule has 5 heteroatoms. The number of unbranched alkanes of at least 4 members (excludes halogenated alkanes) is 1. The second kappa shape index (κ2) is 9.79. The molecule has 2 aromatic rings. The molecule has 0 fully saturated rings. The number of amides is 2. The molecule has 0 unspecified atom stereocenters. The summed E-state index contributed by atoms with van der Waals surface area (Å²) >= 11 is 0. The minimum absolute atomic E-state index is 0.192. The fourth-order valence-corrected chi connectivity index (χ4v) is 2.54. The van der Waals surface area contributed by atoms with Crippen LogP contribution in [-0.2, 0) is 9.53 Å². The highest BCUT2D eigenvalue weighted by atomic mass is 16.5. The van der Waals surface area contributed by atoms with Gasteiger partial charge in [-0.2, -0.15) is 0 Å². The third kappa shape index (κ3) is 5.87. The van der Waals surface area contributed by atoms with E-state index in [4.69, 9.17) is 4.74 Å². The summed E-state index contributed by atoms with van der Waals surface area (Å²) < 4.78 is 5.49. The zero-order valence-electron chi connectivity index (χ0n) is 14.9. The Hall–Kier alpha value is -2.40. The maximum Gasteiger partial charge on any atom is 0.253 e. The van der Waals surface area contributed by atoms with Gasteiger partial charge in [0.25, 0.3) is 5.91 Å². The lowest BCUT2D eigenvalue weighted by Crippen LogP contribution is -2.26. The lowest BCUT2D eigenvalue weighted by atomic mass is 10.0. The minimum atomic E-state index is -0.200. The Morgan fingerprint density at radius 1 is 1.04 bits per heavy atom. The number of anilines is 1. The Labute approximate surface area is 148 Å². The Morgan fingerprint density at radius 2 is 1.72 bits per heavy atom. The van der Waals surface area contributed by atoms with Crippen molar-refractivity contribution in [1.29, 1.82) is 0 Å². The molecule has 25 heavy (non-hydrogen) atoms. The van der Waals surface area contributed by atoms with E-state index in [1.165, 1.54) is 6.92 Å². The van der Waals surface area contributed by atoms with Crippen LogP contribution in [0.25, 0.3) is 10.8 Å². The SMILES string of the molecule is CCCCOCCCNC(=O)c1cc2ccccc2cc1NC(C)=O. The molecule has 0 aliphatic carbocycles. The number of nitrogens with one attached hydrogen (secondary N) is 2.